The van der Waals surface area contributed by atoms with Gasteiger partial charge in [0, 0.05) is 18.6 Å². The number of hydrogen-bond donors (Lipinski definition) is 2. The van der Waals surface area contributed by atoms with Gasteiger partial charge in [0.2, 0.25) is 0 Å². The quantitative estimate of drug-likeness (QED) is 0.561. The fourth-order valence-electron chi connectivity index (χ4n) is 3.90. The van der Waals surface area contributed by atoms with E-state index in [1.807, 2.05) is 28.8 Å². The lowest BCUT2D eigenvalue weighted by molar-refractivity contribution is -0.139. The molecule has 0 radical (unpaired) electrons. The molecule has 4 rings (SSSR count). The Morgan fingerprint density at radius 2 is 1.97 bits per heavy atom. The molecule has 180 valence electrons. The molecular weight excluding hydrogens is 438 g/mol. The van der Waals surface area contributed by atoms with E-state index < -0.39 is 23.7 Å². The Balaban J connectivity index is 1.51. The van der Waals surface area contributed by atoms with E-state index in [9.17, 15) is 14.7 Å². The summed E-state index contributed by atoms with van der Waals surface area (Å²) in [5.41, 5.74) is 2.95. The molecule has 2 unspecified atom stereocenters. The van der Waals surface area contributed by atoms with E-state index in [-0.39, 0.29) is 12.6 Å². The Hall–Kier alpha value is -3.53. The van der Waals surface area contributed by atoms with Crippen molar-refractivity contribution in [2.75, 3.05) is 6.61 Å². The van der Waals surface area contributed by atoms with Gasteiger partial charge < -0.3 is 19.9 Å². The van der Waals surface area contributed by atoms with Crippen molar-refractivity contribution >= 4 is 23.2 Å². The standard InChI is InChI=1S/C24H29N5O5/c1-24(2,3)34-23(32)28-17(22(30)31)12-15-7-9-16(10-8-15)19-20-21(26-13-25-19)29(14-27-20)18-6-4-5-11-33-18/h7-10,13-14,17-18H,4-6,11-12H2,1-3H3,(H,28,32)(H,30,31). The van der Waals surface area contributed by atoms with Crippen molar-refractivity contribution in [2.45, 2.75) is 64.3 Å². The number of hydrogen-bond acceptors (Lipinski definition) is 7. The molecule has 1 fully saturated rings. The van der Waals surface area contributed by atoms with E-state index in [0.29, 0.717) is 16.9 Å². The first kappa shape index (κ1) is 23.6. The van der Waals surface area contributed by atoms with Gasteiger partial charge in [0.1, 0.15) is 35.4 Å². The van der Waals surface area contributed by atoms with Gasteiger partial charge in [-0.1, -0.05) is 24.3 Å². The van der Waals surface area contributed by atoms with E-state index in [2.05, 4.69) is 20.3 Å². The number of imidazole rings is 1. The molecule has 34 heavy (non-hydrogen) atoms. The lowest BCUT2D eigenvalue weighted by atomic mass is 10.0. The SMILES string of the molecule is CC(C)(C)OC(=O)NC(Cc1ccc(-c2ncnc3c2ncn3C2CCCCO2)cc1)C(=O)O. The molecule has 1 aliphatic rings. The van der Waals surface area contributed by atoms with Crippen LogP contribution in [0.5, 0.6) is 0 Å². The van der Waals surface area contributed by atoms with Crippen LogP contribution in [0.25, 0.3) is 22.4 Å². The second-order valence-corrected chi connectivity index (χ2v) is 9.31. The van der Waals surface area contributed by atoms with Crippen molar-refractivity contribution in [3.05, 3.63) is 42.5 Å². The van der Waals surface area contributed by atoms with Gasteiger partial charge >= 0.3 is 12.1 Å². The van der Waals surface area contributed by atoms with Gasteiger partial charge in [0.15, 0.2) is 5.65 Å². The number of ether oxygens (including phenoxy) is 2. The number of carbonyl (C=O) groups is 2. The molecule has 0 saturated carbocycles. The van der Waals surface area contributed by atoms with Crippen LogP contribution in [0.3, 0.4) is 0 Å². The molecule has 0 bridgehead atoms. The number of fused-ring (bicyclic) bond motifs is 1. The zero-order chi connectivity index (χ0) is 24.3. The fraction of sp³-hybridized carbons (Fsp3) is 0.458. The molecular formula is C24H29N5O5. The first-order valence-electron chi connectivity index (χ1n) is 11.3. The Morgan fingerprint density at radius 3 is 2.62 bits per heavy atom. The number of benzene rings is 1. The van der Waals surface area contributed by atoms with E-state index in [1.165, 1.54) is 6.33 Å². The first-order valence-corrected chi connectivity index (χ1v) is 11.3. The second kappa shape index (κ2) is 9.76. The maximum Gasteiger partial charge on any atom is 0.408 e. The zero-order valence-electron chi connectivity index (χ0n) is 19.5. The highest BCUT2D eigenvalue weighted by molar-refractivity contribution is 5.87. The minimum atomic E-state index is -1.14. The zero-order valence-corrected chi connectivity index (χ0v) is 19.5. The minimum absolute atomic E-state index is 0.0747. The maximum atomic E-state index is 12.0. The maximum absolute atomic E-state index is 12.0. The van der Waals surface area contributed by atoms with Crippen LogP contribution in [0.2, 0.25) is 0 Å². The summed E-state index contributed by atoms with van der Waals surface area (Å²) in [6, 6.07) is 6.24. The van der Waals surface area contributed by atoms with Crippen molar-refractivity contribution < 1.29 is 24.2 Å². The Bertz CT molecular complexity index is 1160. The van der Waals surface area contributed by atoms with E-state index >= 15 is 0 Å². The highest BCUT2D eigenvalue weighted by Gasteiger charge is 2.25. The van der Waals surface area contributed by atoms with Crippen molar-refractivity contribution in [3.8, 4) is 11.3 Å². The Morgan fingerprint density at radius 1 is 1.21 bits per heavy atom. The van der Waals surface area contributed by atoms with Gasteiger partial charge in [-0.3, -0.25) is 4.57 Å². The highest BCUT2D eigenvalue weighted by atomic mass is 16.6. The van der Waals surface area contributed by atoms with Gasteiger partial charge in [-0.2, -0.15) is 0 Å². The third kappa shape index (κ3) is 5.51. The Labute approximate surface area is 197 Å². The first-order chi connectivity index (χ1) is 16.2. The summed E-state index contributed by atoms with van der Waals surface area (Å²) in [5.74, 6) is -1.14. The molecule has 1 aliphatic heterocycles. The normalized spacial score (nSPS) is 17.3. The van der Waals surface area contributed by atoms with Crippen LogP contribution in [0, 0.1) is 0 Å². The highest BCUT2D eigenvalue weighted by Crippen LogP contribution is 2.29. The van der Waals surface area contributed by atoms with E-state index in [1.54, 1.807) is 27.1 Å². The monoisotopic (exact) mass is 467 g/mol. The number of rotatable bonds is 6. The second-order valence-electron chi connectivity index (χ2n) is 9.31. The summed E-state index contributed by atoms with van der Waals surface area (Å²) < 4.78 is 13.0. The predicted octanol–water partition coefficient (Wildman–Crippen LogP) is 3.71. The number of amides is 1. The number of alkyl carbamates (subject to hydrolysis) is 1. The molecule has 1 amide bonds. The molecule has 1 aromatic carbocycles. The van der Waals surface area contributed by atoms with Gasteiger partial charge in [-0.05, 0) is 45.6 Å². The summed E-state index contributed by atoms with van der Waals surface area (Å²) in [6.07, 6.45) is 5.61. The van der Waals surface area contributed by atoms with Crippen LogP contribution >= 0.6 is 0 Å². The third-order valence-electron chi connectivity index (χ3n) is 5.48. The largest absolute Gasteiger partial charge is 0.480 e. The van der Waals surface area contributed by atoms with Gasteiger partial charge in [0.25, 0.3) is 0 Å². The van der Waals surface area contributed by atoms with Crippen LogP contribution in [0.4, 0.5) is 4.79 Å². The molecule has 2 N–H and O–H groups in total. The lowest BCUT2D eigenvalue weighted by Crippen LogP contribution is -2.44. The number of carbonyl (C=O) groups excluding carboxylic acids is 1. The van der Waals surface area contributed by atoms with Crippen molar-refractivity contribution in [3.63, 3.8) is 0 Å². The number of carboxylic acids is 1. The molecule has 10 nitrogen and oxygen atoms in total. The molecule has 3 aromatic rings. The Kier molecular flexibility index (Phi) is 6.78. The predicted molar refractivity (Wildman–Crippen MR) is 124 cm³/mol. The third-order valence-corrected chi connectivity index (χ3v) is 5.48. The summed E-state index contributed by atoms with van der Waals surface area (Å²) in [4.78, 5) is 37.1. The summed E-state index contributed by atoms with van der Waals surface area (Å²) >= 11 is 0. The van der Waals surface area contributed by atoms with Gasteiger partial charge in [0.05, 0.1) is 6.33 Å². The van der Waals surface area contributed by atoms with Crippen molar-refractivity contribution in [1.82, 2.24) is 24.8 Å². The van der Waals surface area contributed by atoms with Crippen molar-refractivity contribution in [1.29, 1.82) is 0 Å². The van der Waals surface area contributed by atoms with Crippen LogP contribution < -0.4 is 5.32 Å². The van der Waals surface area contributed by atoms with E-state index in [4.69, 9.17) is 9.47 Å². The molecule has 3 heterocycles. The molecule has 0 spiro atoms. The van der Waals surface area contributed by atoms with Crippen LogP contribution in [-0.4, -0.2) is 54.9 Å². The summed E-state index contributed by atoms with van der Waals surface area (Å²) in [7, 11) is 0. The smallest absolute Gasteiger partial charge is 0.408 e. The number of aliphatic carboxylic acids is 1. The molecule has 1 saturated heterocycles. The number of aromatic nitrogens is 4. The molecule has 0 aliphatic carbocycles. The summed E-state index contributed by atoms with van der Waals surface area (Å²) in [6.45, 7) is 5.88. The van der Waals surface area contributed by atoms with Crippen LogP contribution in [0.15, 0.2) is 36.9 Å². The van der Waals surface area contributed by atoms with E-state index in [0.717, 1.165) is 37.0 Å². The minimum Gasteiger partial charge on any atom is -0.480 e. The summed E-state index contributed by atoms with van der Waals surface area (Å²) in [5, 5.41) is 12.0. The average molecular weight is 468 g/mol. The number of carboxylic acid groups (broad SMARTS) is 1. The van der Waals surface area contributed by atoms with Crippen LogP contribution in [-0.2, 0) is 20.7 Å². The van der Waals surface area contributed by atoms with Gasteiger partial charge in [-0.15, -0.1) is 0 Å². The van der Waals surface area contributed by atoms with Crippen molar-refractivity contribution in [2.24, 2.45) is 0 Å². The molecule has 2 atom stereocenters. The average Bonchev–Trinajstić information content (AvgIpc) is 3.23. The molecule has 2 aromatic heterocycles. The van der Waals surface area contributed by atoms with Gasteiger partial charge in [-0.25, -0.2) is 24.5 Å². The lowest BCUT2D eigenvalue weighted by Gasteiger charge is -2.23. The number of nitrogens with one attached hydrogen (secondary N) is 1. The number of nitrogens with zero attached hydrogens (tertiary/aromatic N) is 4. The fourth-order valence-corrected chi connectivity index (χ4v) is 3.90. The van der Waals surface area contributed by atoms with Crippen LogP contribution in [0.1, 0.15) is 51.8 Å². The topological polar surface area (TPSA) is 128 Å². The molecule has 10 heteroatoms.